The van der Waals surface area contributed by atoms with Crippen LogP contribution in [-0.4, -0.2) is 16.0 Å². The van der Waals surface area contributed by atoms with Gasteiger partial charge in [0.1, 0.15) is 6.04 Å². The summed E-state index contributed by atoms with van der Waals surface area (Å²) in [5.74, 6) is 0. The first-order chi connectivity index (χ1) is 8.16. The van der Waals surface area contributed by atoms with Crippen LogP contribution in [0.1, 0.15) is 11.6 Å². The van der Waals surface area contributed by atoms with Gasteiger partial charge in [-0.05, 0) is 6.07 Å². The summed E-state index contributed by atoms with van der Waals surface area (Å²) in [5, 5.41) is 21.2. The van der Waals surface area contributed by atoms with Gasteiger partial charge in [-0.25, -0.2) is 0 Å². The number of nitro groups is 2. The lowest BCUT2D eigenvalue weighted by molar-refractivity contribution is -0.423. The van der Waals surface area contributed by atoms with Crippen molar-refractivity contribution in [3.8, 4) is 0 Å². The lowest BCUT2D eigenvalue weighted by atomic mass is 10.0. The van der Waals surface area contributed by atoms with E-state index >= 15 is 0 Å². The second-order valence-corrected chi connectivity index (χ2v) is 3.25. The van der Waals surface area contributed by atoms with Crippen molar-refractivity contribution in [2.75, 3.05) is 0 Å². The van der Waals surface area contributed by atoms with Crippen LogP contribution in [0.25, 0.3) is 0 Å². The molecule has 0 heterocycles. The molecule has 10 heteroatoms. The molecule has 1 rings (SSSR count). The van der Waals surface area contributed by atoms with Gasteiger partial charge in [0.25, 0.3) is 0 Å². The molecule has 1 aromatic carbocycles. The van der Waals surface area contributed by atoms with Gasteiger partial charge in [0.2, 0.25) is 0 Å². The van der Waals surface area contributed by atoms with Crippen LogP contribution in [-0.2, 0) is 0 Å². The van der Waals surface area contributed by atoms with Crippen LogP contribution in [0.2, 0.25) is 0 Å². The normalized spacial score (nSPS) is 13.1. The van der Waals surface area contributed by atoms with Crippen LogP contribution < -0.4 is 5.73 Å². The zero-order valence-corrected chi connectivity index (χ0v) is 8.55. The highest BCUT2D eigenvalue weighted by Gasteiger charge is 2.43. The van der Waals surface area contributed by atoms with Gasteiger partial charge in [0.05, 0.1) is 15.4 Å². The number of para-hydroxylation sites is 1. The van der Waals surface area contributed by atoms with Crippen molar-refractivity contribution in [1.29, 1.82) is 0 Å². The molecule has 0 bridgehead atoms. The maximum atomic E-state index is 12.4. The fourth-order valence-corrected chi connectivity index (χ4v) is 1.32. The smallest absolute Gasteiger partial charge is 0.316 e. The second-order valence-electron chi connectivity index (χ2n) is 3.25. The number of nitrogens with two attached hydrogens (primary N) is 1. The highest BCUT2D eigenvalue weighted by molar-refractivity contribution is 5.58. The molecule has 0 amide bonds. The Hall–Kier alpha value is -2.23. The summed E-state index contributed by atoms with van der Waals surface area (Å²) in [6, 6.07) is -0.266. The Kier molecular flexibility index (Phi) is 3.51. The maximum Gasteiger partial charge on any atom is 0.407 e. The molecular weight excluding hydrogens is 259 g/mol. The SMILES string of the molecule is N[C@H](c1cccc([N+](=O)[O-])c1[N+](=O)[O-])C(F)(F)F. The molecule has 0 saturated heterocycles. The quantitative estimate of drug-likeness (QED) is 0.663. The minimum absolute atomic E-state index is 0.739. The fourth-order valence-electron chi connectivity index (χ4n) is 1.32. The van der Waals surface area contributed by atoms with E-state index in [4.69, 9.17) is 5.73 Å². The third-order valence-corrected chi connectivity index (χ3v) is 2.11. The number of alkyl halides is 3. The number of benzene rings is 1. The van der Waals surface area contributed by atoms with Crippen molar-refractivity contribution in [3.63, 3.8) is 0 Å². The highest BCUT2D eigenvalue weighted by Crippen LogP contribution is 2.39. The first-order valence-corrected chi connectivity index (χ1v) is 4.40. The van der Waals surface area contributed by atoms with E-state index in [1.54, 1.807) is 0 Å². The Morgan fingerprint density at radius 3 is 2.11 bits per heavy atom. The number of nitro benzene ring substituents is 2. The third-order valence-electron chi connectivity index (χ3n) is 2.11. The van der Waals surface area contributed by atoms with Gasteiger partial charge < -0.3 is 5.73 Å². The maximum absolute atomic E-state index is 12.4. The van der Waals surface area contributed by atoms with Gasteiger partial charge in [0.15, 0.2) is 0 Å². The minimum Gasteiger partial charge on any atom is -0.316 e. The minimum atomic E-state index is -4.93. The molecule has 0 aromatic heterocycles. The van der Waals surface area contributed by atoms with E-state index < -0.39 is 39.0 Å². The van der Waals surface area contributed by atoms with Crippen LogP contribution in [0.15, 0.2) is 18.2 Å². The van der Waals surface area contributed by atoms with Crippen molar-refractivity contribution in [1.82, 2.24) is 0 Å². The van der Waals surface area contributed by atoms with Crippen molar-refractivity contribution in [2.45, 2.75) is 12.2 Å². The van der Waals surface area contributed by atoms with E-state index in [1.165, 1.54) is 0 Å². The van der Waals surface area contributed by atoms with Crippen LogP contribution in [0, 0.1) is 20.2 Å². The van der Waals surface area contributed by atoms with Crippen molar-refractivity contribution in [2.24, 2.45) is 5.73 Å². The molecule has 0 aliphatic heterocycles. The molecule has 98 valence electrons. The summed E-state index contributed by atoms with van der Waals surface area (Å²) in [6.45, 7) is 0. The molecule has 18 heavy (non-hydrogen) atoms. The zero-order valence-electron chi connectivity index (χ0n) is 8.55. The zero-order chi connectivity index (χ0) is 14.1. The Morgan fingerprint density at radius 1 is 1.17 bits per heavy atom. The Morgan fingerprint density at radius 2 is 1.72 bits per heavy atom. The van der Waals surface area contributed by atoms with E-state index in [1.807, 2.05) is 0 Å². The summed E-state index contributed by atoms with van der Waals surface area (Å²) in [5.41, 5.74) is 1.61. The van der Waals surface area contributed by atoms with Crippen LogP contribution in [0.3, 0.4) is 0 Å². The largest absolute Gasteiger partial charge is 0.407 e. The predicted molar refractivity (Wildman–Crippen MR) is 52.7 cm³/mol. The van der Waals surface area contributed by atoms with E-state index in [-0.39, 0.29) is 0 Å². The summed E-state index contributed by atoms with van der Waals surface area (Å²) in [4.78, 5) is 18.8. The third kappa shape index (κ3) is 2.53. The second kappa shape index (κ2) is 4.56. The van der Waals surface area contributed by atoms with Crippen LogP contribution in [0.4, 0.5) is 24.5 Å². The molecule has 0 aliphatic rings. The molecular formula is C8H6F3N3O4. The molecule has 1 aromatic rings. The van der Waals surface area contributed by atoms with E-state index in [9.17, 15) is 33.4 Å². The van der Waals surface area contributed by atoms with Gasteiger partial charge in [-0.3, -0.25) is 20.2 Å². The molecule has 7 nitrogen and oxygen atoms in total. The molecule has 0 aliphatic carbocycles. The van der Waals surface area contributed by atoms with E-state index in [2.05, 4.69) is 0 Å². The molecule has 1 atom stereocenters. The Balaban J connectivity index is 3.50. The Labute approximate surface area is 97.3 Å². The summed E-state index contributed by atoms with van der Waals surface area (Å²) in [6.07, 6.45) is -4.93. The van der Waals surface area contributed by atoms with Gasteiger partial charge >= 0.3 is 17.6 Å². The summed E-state index contributed by atoms with van der Waals surface area (Å²) < 4.78 is 37.2. The monoisotopic (exact) mass is 265 g/mol. The topological polar surface area (TPSA) is 112 Å². The molecule has 0 saturated carbocycles. The predicted octanol–water partition coefficient (Wildman–Crippen LogP) is 2.07. The van der Waals surface area contributed by atoms with E-state index in [0.29, 0.717) is 0 Å². The van der Waals surface area contributed by atoms with E-state index in [0.717, 1.165) is 18.2 Å². The van der Waals surface area contributed by atoms with Crippen LogP contribution in [0.5, 0.6) is 0 Å². The van der Waals surface area contributed by atoms with Gasteiger partial charge in [-0.15, -0.1) is 0 Å². The molecule has 0 radical (unpaired) electrons. The molecule has 2 N–H and O–H groups in total. The van der Waals surface area contributed by atoms with Crippen molar-refractivity contribution >= 4 is 11.4 Å². The highest BCUT2D eigenvalue weighted by atomic mass is 19.4. The molecule has 0 fully saturated rings. The van der Waals surface area contributed by atoms with Gasteiger partial charge in [-0.2, -0.15) is 13.2 Å². The van der Waals surface area contributed by atoms with Gasteiger partial charge in [0, 0.05) is 6.07 Å². The average Bonchev–Trinajstić information content (AvgIpc) is 2.25. The van der Waals surface area contributed by atoms with Crippen LogP contribution >= 0.6 is 0 Å². The first kappa shape index (κ1) is 13.8. The number of hydrogen-bond acceptors (Lipinski definition) is 5. The number of hydrogen-bond donors (Lipinski definition) is 1. The number of nitrogens with zero attached hydrogens (tertiary/aromatic N) is 2. The van der Waals surface area contributed by atoms with Crippen molar-refractivity contribution < 1.29 is 23.0 Å². The molecule has 0 spiro atoms. The standard InChI is InChI=1S/C8H6F3N3O4/c9-8(10,11)7(12)4-2-1-3-5(13(15)16)6(4)14(17)18/h1-3,7H,12H2/t7-/m1/s1. The number of halogens is 3. The average molecular weight is 265 g/mol. The van der Waals surface area contributed by atoms with Gasteiger partial charge in [-0.1, -0.05) is 6.07 Å². The Bertz CT molecular complexity index is 503. The lowest BCUT2D eigenvalue weighted by Crippen LogP contribution is -2.29. The fraction of sp³-hybridized carbons (Fsp3) is 0.250. The lowest BCUT2D eigenvalue weighted by Gasteiger charge is -2.15. The summed E-state index contributed by atoms with van der Waals surface area (Å²) in [7, 11) is 0. The van der Waals surface area contributed by atoms with Crippen molar-refractivity contribution in [3.05, 3.63) is 44.0 Å². The summed E-state index contributed by atoms with van der Waals surface area (Å²) >= 11 is 0. The first-order valence-electron chi connectivity index (χ1n) is 4.40. The molecule has 0 unspecified atom stereocenters. The number of rotatable bonds is 3.